The zero-order valence-corrected chi connectivity index (χ0v) is 14.8. The Morgan fingerprint density at radius 3 is 2.58 bits per heavy atom. The van der Waals surface area contributed by atoms with Crippen molar-refractivity contribution in [2.75, 3.05) is 19.7 Å². The molecule has 1 heterocycles. The number of carbonyl (C=O) groups excluding carboxylic acids is 1. The molecule has 3 rings (SSSR count). The average molecular weight is 352 g/mol. The molecule has 1 N–H and O–H groups in total. The molecule has 0 bridgehead atoms. The Kier molecular flexibility index (Phi) is 5.10. The lowest BCUT2D eigenvalue weighted by atomic mass is 10.2. The van der Waals surface area contributed by atoms with Crippen molar-refractivity contribution in [3.8, 4) is 5.75 Å². The highest BCUT2D eigenvalue weighted by Crippen LogP contribution is 2.26. The fourth-order valence-corrected chi connectivity index (χ4v) is 4.44. The Bertz CT molecular complexity index is 707. The van der Waals surface area contributed by atoms with Crippen LogP contribution in [0, 0.1) is 6.92 Å². The second-order valence-electron chi connectivity index (χ2n) is 6.52. The topological polar surface area (TPSA) is 75.7 Å². The normalized spacial score (nSPS) is 19.0. The number of rotatable bonds is 6. The zero-order valence-electron chi connectivity index (χ0n) is 14.0. The average Bonchev–Trinajstić information content (AvgIpc) is 3.38. The number of hydrogen-bond acceptors (Lipinski definition) is 4. The van der Waals surface area contributed by atoms with E-state index >= 15 is 0 Å². The van der Waals surface area contributed by atoms with Gasteiger partial charge in [-0.2, -0.15) is 4.31 Å². The summed E-state index contributed by atoms with van der Waals surface area (Å²) in [6, 6.07) is 5.12. The van der Waals surface area contributed by atoms with Crippen LogP contribution in [-0.4, -0.2) is 44.4 Å². The first-order valence-electron chi connectivity index (χ1n) is 8.50. The number of carbonyl (C=O) groups is 1. The molecule has 2 aliphatic rings. The van der Waals surface area contributed by atoms with E-state index in [4.69, 9.17) is 4.74 Å². The number of nitrogens with zero attached hydrogens (tertiary/aromatic N) is 1. The molecule has 24 heavy (non-hydrogen) atoms. The standard InChI is InChI=1S/C17H24N2O4S/c1-13-11-15(24(21,22)19-9-3-2-4-10-19)7-8-16(13)23-12-17(20)18-14-5-6-14/h7-8,11,14H,2-6,9-10,12H2,1H3,(H,18,20). The lowest BCUT2D eigenvalue weighted by Crippen LogP contribution is -2.35. The van der Waals surface area contributed by atoms with E-state index in [1.165, 1.54) is 0 Å². The number of benzene rings is 1. The summed E-state index contributed by atoms with van der Waals surface area (Å²) in [7, 11) is -3.44. The molecule has 1 aliphatic heterocycles. The maximum absolute atomic E-state index is 12.7. The second kappa shape index (κ2) is 7.11. The van der Waals surface area contributed by atoms with Gasteiger partial charge in [0.2, 0.25) is 10.0 Å². The zero-order chi connectivity index (χ0) is 17.2. The smallest absolute Gasteiger partial charge is 0.258 e. The number of aryl methyl sites for hydroxylation is 1. The highest BCUT2D eigenvalue weighted by molar-refractivity contribution is 7.89. The van der Waals surface area contributed by atoms with E-state index < -0.39 is 10.0 Å². The Balaban J connectivity index is 1.65. The Hall–Kier alpha value is -1.60. The Morgan fingerprint density at radius 2 is 1.96 bits per heavy atom. The van der Waals surface area contributed by atoms with Crippen LogP contribution in [0.5, 0.6) is 5.75 Å². The maximum Gasteiger partial charge on any atom is 0.258 e. The van der Waals surface area contributed by atoms with E-state index in [0.29, 0.717) is 30.4 Å². The van der Waals surface area contributed by atoms with Gasteiger partial charge in [-0.15, -0.1) is 0 Å². The third kappa shape index (κ3) is 4.08. The number of nitrogens with one attached hydrogen (secondary N) is 1. The van der Waals surface area contributed by atoms with E-state index in [-0.39, 0.29) is 17.4 Å². The first-order chi connectivity index (χ1) is 11.5. The summed E-state index contributed by atoms with van der Waals surface area (Å²) in [5.74, 6) is 0.403. The van der Waals surface area contributed by atoms with Crippen LogP contribution in [0.15, 0.2) is 23.1 Å². The summed E-state index contributed by atoms with van der Waals surface area (Å²) in [4.78, 5) is 12.0. The fourth-order valence-electron chi connectivity index (χ4n) is 2.84. The maximum atomic E-state index is 12.7. The van der Waals surface area contributed by atoms with Crippen molar-refractivity contribution in [1.29, 1.82) is 0 Å². The van der Waals surface area contributed by atoms with Gasteiger partial charge in [0, 0.05) is 19.1 Å². The summed E-state index contributed by atoms with van der Waals surface area (Å²) in [6.07, 6.45) is 4.98. The third-order valence-electron chi connectivity index (χ3n) is 4.40. The minimum Gasteiger partial charge on any atom is -0.484 e. The van der Waals surface area contributed by atoms with Crippen LogP contribution in [0.2, 0.25) is 0 Å². The van der Waals surface area contributed by atoms with E-state index in [0.717, 1.165) is 32.1 Å². The monoisotopic (exact) mass is 352 g/mol. The first kappa shape index (κ1) is 17.2. The number of sulfonamides is 1. The minimum absolute atomic E-state index is 0.0461. The highest BCUT2D eigenvalue weighted by atomic mass is 32.2. The molecule has 1 saturated carbocycles. The molecule has 1 aliphatic carbocycles. The van der Waals surface area contributed by atoms with E-state index in [9.17, 15) is 13.2 Å². The quantitative estimate of drug-likeness (QED) is 0.847. The number of piperidine rings is 1. The van der Waals surface area contributed by atoms with Crippen LogP contribution < -0.4 is 10.1 Å². The number of ether oxygens (including phenoxy) is 1. The summed E-state index contributed by atoms with van der Waals surface area (Å²) in [5, 5.41) is 2.86. The molecule has 6 nitrogen and oxygen atoms in total. The third-order valence-corrected chi connectivity index (χ3v) is 6.30. The molecule has 7 heteroatoms. The molecule has 0 spiro atoms. The molecule has 2 fully saturated rings. The van der Waals surface area contributed by atoms with Crippen LogP contribution in [0.3, 0.4) is 0 Å². The van der Waals surface area contributed by atoms with Crippen molar-refractivity contribution < 1.29 is 17.9 Å². The van der Waals surface area contributed by atoms with Crippen LogP contribution in [0.25, 0.3) is 0 Å². The van der Waals surface area contributed by atoms with E-state index in [1.54, 1.807) is 29.4 Å². The van der Waals surface area contributed by atoms with Gasteiger partial charge < -0.3 is 10.1 Å². The van der Waals surface area contributed by atoms with Crippen LogP contribution in [-0.2, 0) is 14.8 Å². The molecule has 0 unspecified atom stereocenters. The van der Waals surface area contributed by atoms with Crippen LogP contribution in [0.4, 0.5) is 0 Å². The molecular formula is C17H24N2O4S. The van der Waals surface area contributed by atoms with Crippen molar-refractivity contribution in [2.45, 2.75) is 50.0 Å². The van der Waals surface area contributed by atoms with Crippen LogP contribution >= 0.6 is 0 Å². The summed E-state index contributed by atoms with van der Waals surface area (Å²) in [5.41, 5.74) is 0.715. The molecule has 1 aromatic carbocycles. The van der Waals surface area contributed by atoms with Gasteiger partial charge in [0.15, 0.2) is 6.61 Å². The van der Waals surface area contributed by atoms with Gasteiger partial charge in [0.1, 0.15) is 5.75 Å². The Labute approximate surface area is 143 Å². The van der Waals surface area contributed by atoms with Gasteiger partial charge in [-0.3, -0.25) is 4.79 Å². The van der Waals surface area contributed by atoms with Gasteiger partial charge >= 0.3 is 0 Å². The van der Waals surface area contributed by atoms with Crippen molar-refractivity contribution in [3.63, 3.8) is 0 Å². The van der Waals surface area contributed by atoms with Gasteiger partial charge in [0.05, 0.1) is 4.90 Å². The van der Waals surface area contributed by atoms with Crippen molar-refractivity contribution in [2.24, 2.45) is 0 Å². The van der Waals surface area contributed by atoms with Gasteiger partial charge in [0.25, 0.3) is 5.91 Å². The molecular weight excluding hydrogens is 328 g/mol. The number of hydrogen-bond donors (Lipinski definition) is 1. The van der Waals surface area contributed by atoms with Crippen LogP contribution in [0.1, 0.15) is 37.7 Å². The molecule has 132 valence electrons. The predicted octanol–water partition coefficient (Wildman–Crippen LogP) is 1.83. The SMILES string of the molecule is Cc1cc(S(=O)(=O)N2CCCCC2)ccc1OCC(=O)NC1CC1. The minimum atomic E-state index is -3.44. The number of amides is 1. The van der Waals surface area contributed by atoms with Gasteiger partial charge in [-0.05, 0) is 56.4 Å². The van der Waals surface area contributed by atoms with Gasteiger partial charge in [-0.1, -0.05) is 6.42 Å². The van der Waals surface area contributed by atoms with Crippen molar-refractivity contribution in [3.05, 3.63) is 23.8 Å². The Morgan fingerprint density at radius 1 is 1.25 bits per heavy atom. The molecule has 1 amide bonds. The second-order valence-corrected chi connectivity index (χ2v) is 8.46. The molecule has 0 aromatic heterocycles. The fraction of sp³-hybridized carbons (Fsp3) is 0.588. The molecule has 0 radical (unpaired) electrons. The lowest BCUT2D eigenvalue weighted by molar-refractivity contribution is -0.123. The summed E-state index contributed by atoms with van der Waals surface area (Å²) in [6.45, 7) is 2.92. The first-order valence-corrected chi connectivity index (χ1v) is 9.94. The van der Waals surface area contributed by atoms with E-state index in [1.807, 2.05) is 0 Å². The lowest BCUT2D eigenvalue weighted by Gasteiger charge is -2.26. The van der Waals surface area contributed by atoms with Crippen molar-refractivity contribution in [1.82, 2.24) is 9.62 Å². The molecule has 1 aromatic rings. The van der Waals surface area contributed by atoms with E-state index in [2.05, 4.69) is 5.32 Å². The summed E-state index contributed by atoms with van der Waals surface area (Å²) < 4.78 is 32.4. The summed E-state index contributed by atoms with van der Waals surface area (Å²) >= 11 is 0. The molecule has 1 saturated heterocycles. The van der Waals surface area contributed by atoms with Gasteiger partial charge in [-0.25, -0.2) is 8.42 Å². The molecule has 0 atom stereocenters. The van der Waals surface area contributed by atoms with Crippen molar-refractivity contribution >= 4 is 15.9 Å². The largest absolute Gasteiger partial charge is 0.484 e. The highest BCUT2D eigenvalue weighted by Gasteiger charge is 2.26. The predicted molar refractivity (Wildman–Crippen MR) is 90.4 cm³/mol.